The molecule has 3 aliphatic heterocycles. The Bertz CT molecular complexity index is 1400. The topological polar surface area (TPSA) is 107 Å². The van der Waals surface area contributed by atoms with Crippen molar-refractivity contribution in [3.8, 4) is 0 Å². The summed E-state index contributed by atoms with van der Waals surface area (Å²) in [6.45, 7) is 2.75. The molecule has 2 aromatic carbocycles. The molecule has 8 nitrogen and oxygen atoms in total. The molecule has 43 heavy (non-hydrogen) atoms. The molecule has 2 aromatic rings. The molecular formula is C28H26BrF6N3O5. The lowest BCUT2D eigenvalue weighted by Gasteiger charge is -2.42. The number of rotatable bonds is 4. The summed E-state index contributed by atoms with van der Waals surface area (Å²) < 4.78 is 72.0. The van der Waals surface area contributed by atoms with E-state index in [4.69, 9.17) is 9.90 Å². The van der Waals surface area contributed by atoms with Crippen molar-refractivity contribution >= 4 is 39.6 Å². The van der Waals surface area contributed by atoms with Crippen LogP contribution in [0.15, 0.2) is 53.0 Å². The zero-order chi connectivity index (χ0) is 31.9. The number of amides is 3. The molecule has 0 radical (unpaired) electrons. The molecule has 3 fully saturated rings. The molecule has 0 aromatic heterocycles. The van der Waals surface area contributed by atoms with Crippen LogP contribution in [0.4, 0.5) is 26.3 Å². The second-order valence-corrected chi connectivity index (χ2v) is 11.3. The van der Waals surface area contributed by atoms with Crippen LogP contribution in [-0.2, 0) is 31.9 Å². The van der Waals surface area contributed by atoms with Crippen molar-refractivity contribution in [1.29, 1.82) is 0 Å². The van der Waals surface area contributed by atoms with Crippen LogP contribution < -0.4 is 5.32 Å². The molecule has 4 atom stereocenters. The van der Waals surface area contributed by atoms with Crippen molar-refractivity contribution in [3.05, 3.63) is 69.7 Å². The number of alkyl halides is 6. The normalized spacial score (nSPS) is 25.6. The van der Waals surface area contributed by atoms with Gasteiger partial charge in [0.1, 0.15) is 5.54 Å². The summed E-state index contributed by atoms with van der Waals surface area (Å²) >= 11 is 3.40. The summed E-state index contributed by atoms with van der Waals surface area (Å²) in [7, 11) is 0. The van der Waals surface area contributed by atoms with Gasteiger partial charge in [0.25, 0.3) is 0 Å². The van der Waals surface area contributed by atoms with Crippen LogP contribution in [0.25, 0.3) is 0 Å². The van der Waals surface area contributed by atoms with E-state index in [2.05, 4.69) is 21.2 Å². The van der Waals surface area contributed by atoms with Crippen LogP contribution in [-0.4, -0.2) is 63.4 Å². The molecule has 3 aliphatic rings. The van der Waals surface area contributed by atoms with Gasteiger partial charge < -0.3 is 10.0 Å². The highest BCUT2D eigenvalue weighted by molar-refractivity contribution is 9.10. The number of piperidine rings is 1. The highest BCUT2D eigenvalue weighted by atomic mass is 79.9. The Morgan fingerprint density at radius 2 is 1.58 bits per heavy atom. The van der Waals surface area contributed by atoms with Gasteiger partial charge in [0.2, 0.25) is 17.7 Å². The Kier molecular flexibility index (Phi) is 8.99. The predicted molar refractivity (Wildman–Crippen MR) is 142 cm³/mol. The minimum absolute atomic E-state index is 0.178. The number of carboxylic acid groups (broad SMARTS) is 1. The van der Waals surface area contributed by atoms with E-state index in [1.165, 1.54) is 17.0 Å². The lowest BCUT2D eigenvalue weighted by molar-refractivity contribution is -0.192. The van der Waals surface area contributed by atoms with Crippen LogP contribution in [0.3, 0.4) is 0 Å². The number of nitrogens with zero attached hydrogens (tertiary/aromatic N) is 2. The molecule has 3 saturated heterocycles. The summed E-state index contributed by atoms with van der Waals surface area (Å²) in [5.41, 5.74) is -0.704. The van der Waals surface area contributed by atoms with E-state index in [1.807, 2.05) is 24.3 Å². The largest absolute Gasteiger partial charge is 0.490 e. The summed E-state index contributed by atoms with van der Waals surface area (Å²) in [4.78, 5) is 52.6. The maximum absolute atomic E-state index is 14.0. The summed E-state index contributed by atoms with van der Waals surface area (Å²) in [6, 6.07) is 11.5. The third kappa shape index (κ3) is 6.28. The van der Waals surface area contributed by atoms with Gasteiger partial charge in [-0.1, -0.05) is 40.2 Å². The number of carboxylic acids is 1. The second kappa shape index (κ2) is 11.9. The number of benzene rings is 2. The fourth-order valence-electron chi connectivity index (χ4n) is 5.97. The maximum Gasteiger partial charge on any atom is 0.490 e. The first-order chi connectivity index (χ1) is 20.0. The molecule has 3 amide bonds. The first-order valence-corrected chi connectivity index (χ1v) is 13.9. The fraction of sp³-hybridized carbons (Fsp3) is 0.429. The number of hydrogen-bond donors (Lipinski definition) is 2. The number of fused-ring (bicyclic) bond motifs is 2. The van der Waals surface area contributed by atoms with Crippen molar-refractivity contribution in [1.82, 2.24) is 15.1 Å². The van der Waals surface area contributed by atoms with Gasteiger partial charge in [-0.05, 0) is 55.2 Å². The van der Waals surface area contributed by atoms with Crippen molar-refractivity contribution in [3.63, 3.8) is 0 Å². The molecule has 0 bridgehead atoms. The third-order valence-electron chi connectivity index (χ3n) is 7.86. The minimum Gasteiger partial charge on any atom is -0.475 e. The Morgan fingerprint density at radius 1 is 1.00 bits per heavy atom. The van der Waals surface area contributed by atoms with E-state index >= 15 is 0 Å². The number of halogens is 7. The Balaban J connectivity index is 0.000000541. The number of imide groups is 1. The smallest absolute Gasteiger partial charge is 0.475 e. The Hall–Kier alpha value is -3.46. The van der Waals surface area contributed by atoms with Gasteiger partial charge in [0, 0.05) is 30.1 Å². The van der Waals surface area contributed by atoms with Gasteiger partial charge in [-0.15, -0.1) is 0 Å². The van der Waals surface area contributed by atoms with Crippen LogP contribution in [0.2, 0.25) is 0 Å². The molecule has 0 unspecified atom stereocenters. The Morgan fingerprint density at radius 3 is 2.09 bits per heavy atom. The van der Waals surface area contributed by atoms with Crippen LogP contribution >= 0.6 is 15.9 Å². The van der Waals surface area contributed by atoms with E-state index in [0.717, 1.165) is 22.2 Å². The minimum atomic E-state index is -5.08. The lowest BCUT2D eigenvalue weighted by atomic mass is 9.74. The number of aliphatic carboxylic acids is 1. The lowest BCUT2D eigenvalue weighted by Crippen LogP contribution is -2.63. The van der Waals surface area contributed by atoms with E-state index in [0.29, 0.717) is 31.5 Å². The number of likely N-dealkylation sites (tertiary alicyclic amines) is 2. The van der Waals surface area contributed by atoms with Crippen LogP contribution in [0.1, 0.15) is 42.5 Å². The van der Waals surface area contributed by atoms with E-state index < -0.39 is 53.2 Å². The molecule has 15 heteroatoms. The molecule has 3 heterocycles. The number of hydrogen-bond acceptors (Lipinski definition) is 5. The first-order valence-electron chi connectivity index (χ1n) is 13.1. The van der Waals surface area contributed by atoms with Crippen LogP contribution in [0, 0.1) is 11.8 Å². The van der Waals surface area contributed by atoms with Gasteiger partial charge in [-0.3, -0.25) is 24.6 Å². The molecule has 2 N–H and O–H groups in total. The molecule has 0 aliphatic carbocycles. The van der Waals surface area contributed by atoms with Crippen LogP contribution in [0.5, 0.6) is 0 Å². The van der Waals surface area contributed by atoms with Gasteiger partial charge in [-0.25, -0.2) is 4.79 Å². The number of carbonyl (C=O) groups is 4. The van der Waals surface area contributed by atoms with Crippen molar-refractivity contribution < 1.29 is 50.6 Å². The van der Waals surface area contributed by atoms with Crippen molar-refractivity contribution in [2.45, 2.75) is 50.2 Å². The summed E-state index contributed by atoms with van der Waals surface area (Å²) in [6.07, 6.45) is -8.57. The molecule has 1 spiro atoms. The van der Waals surface area contributed by atoms with Gasteiger partial charge in [-0.2, -0.15) is 26.3 Å². The standard InChI is InChI=1S/C26H25BrF3N3O3.C2HF3O2/c1-2-33-22(34)19-20(23(33)35)25(31-21(19)16-6-8-17(9-7-16)26(28,29)30)12-3-13-32(24(25)36)14-15-4-10-18(27)11-5-15;3-2(4,5)1(6)7/h4-11,19-21,31H,2-3,12-14H2,1H3;(H,6,7)/t19-,20-,21-,25-;/m1./s1. The third-order valence-corrected chi connectivity index (χ3v) is 8.38. The van der Waals surface area contributed by atoms with Crippen molar-refractivity contribution in [2.75, 3.05) is 13.1 Å². The number of carbonyl (C=O) groups excluding carboxylic acids is 3. The molecule has 0 saturated carbocycles. The monoisotopic (exact) mass is 677 g/mol. The maximum atomic E-state index is 14.0. The highest BCUT2D eigenvalue weighted by Crippen LogP contribution is 2.52. The van der Waals surface area contributed by atoms with E-state index in [9.17, 15) is 40.7 Å². The Labute approximate surface area is 250 Å². The van der Waals surface area contributed by atoms with E-state index in [1.54, 1.807) is 11.8 Å². The zero-order valence-electron chi connectivity index (χ0n) is 22.5. The summed E-state index contributed by atoms with van der Waals surface area (Å²) in [5, 5.41) is 10.4. The fourth-order valence-corrected chi connectivity index (χ4v) is 6.23. The summed E-state index contributed by atoms with van der Waals surface area (Å²) in [5.74, 6) is -5.55. The predicted octanol–water partition coefficient (Wildman–Crippen LogP) is 4.93. The average Bonchev–Trinajstić information content (AvgIpc) is 3.40. The average molecular weight is 678 g/mol. The van der Waals surface area contributed by atoms with E-state index in [-0.39, 0.29) is 18.4 Å². The SMILES string of the molecule is CCN1C(=O)[C@H]2[C@@H](c3ccc(C(F)(F)F)cc3)N[C@]3(CCCN(Cc4ccc(Br)cc4)C3=O)[C@H]2C1=O.O=C(O)C(F)(F)F. The van der Waals surface area contributed by atoms with Gasteiger partial charge >= 0.3 is 18.3 Å². The van der Waals surface area contributed by atoms with Gasteiger partial charge in [0.05, 0.1) is 17.4 Å². The molecular weight excluding hydrogens is 652 g/mol. The number of nitrogens with one attached hydrogen (secondary N) is 1. The zero-order valence-corrected chi connectivity index (χ0v) is 24.1. The van der Waals surface area contributed by atoms with Gasteiger partial charge in [0.15, 0.2) is 0 Å². The molecule has 232 valence electrons. The van der Waals surface area contributed by atoms with Crippen molar-refractivity contribution in [2.24, 2.45) is 11.8 Å². The quantitative estimate of drug-likeness (QED) is 0.351. The first kappa shape index (κ1) is 32.5. The highest BCUT2D eigenvalue weighted by Gasteiger charge is 2.68. The second-order valence-electron chi connectivity index (χ2n) is 10.4. The molecule has 5 rings (SSSR count).